The number of carbonyl (C=O) groups is 4. The van der Waals surface area contributed by atoms with Crippen LogP contribution in [0.1, 0.15) is 58.8 Å². The third-order valence-corrected chi connectivity index (χ3v) is 5.01. The van der Waals surface area contributed by atoms with Gasteiger partial charge in [0.05, 0.1) is 16.5 Å². The van der Waals surface area contributed by atoms with Gasteiger partial charge in [-0.3, -0.25) is 24.1 Å². The van der Waals surface area contributed by atoms with Gasteiger partial charge in [0.15, 0.2) is 0 Å². The molecular formula is C19H24ClN3O4. The van der Waals surface area contributed by atoms with Crippen molar-refractivity contribution in [2.45, 2.75) is 33.7 Å². The number of halogens is 1. The maximum atomic E-state index is 12.4. The lowest BCUT2D eigenvalue weighted by Gasteiger charge is -2.20. The summed E-state index contributed by atoms with van der Waals surface area (Å²) in [6, 6.07) is 4.19. The highest BCUT2D eigenvalue weighted by Crippen LogP contribution is 2.25. The number of rotatable bonds is 7. The molecule has 1 aromatic rings. The maximum Gasteiger partial charge on any atom is 0.261 e. The minimum absolute atomic E-state index is 0.192. The predicted molar refractivity (Wildman–Crippen MR) is 102 cm³/mol. The second-order valence-corrected chi connectivity index (χ2v) is 7.63. The summed E-state index contributed by atoms with van der Waals surface area (Å²) in [6.07, 6.45) is 0. The Morgan fingerprint density at radius 3 is 2.26 bits per heavy atom. The van der Waals surface area contributed by atoms with Crippen molar-refractivity contribution in [1.82, 2.24) is 15.5 Å². The van der Waals surface area contributed by atoms with Crippen molar-refractivity contribution in [3.63, 3.8) is 0 Å². The fourth-order valence-electron chi connectivity index (χ4n) is 2.62. The number of alkyl halides is 1. The van der Waals surface area contributed by atoms with Crippen LogP contribution >= 0.6 is 11.6 Å². The van der Waals surface area contributed by atoms with Crippen molar-refractivity contribution in [3.05, 3.63) is 34.9 Å². The van der Waals surface area contributed by atoms with Gasteiger partial charge in [-0.05, 0) is 45.9 Å². The Morgan fingerprint density at radius 2 is 1.67 bits per heavy atom. The van der Waals surface area contributed by atoms with Crippen molar-refractivity contribution in [1.29, 1.82) is 0 Å². The van der Waals surface area contributed by atoms with E-state index < -0.39 is 11.3 Å². The van der Waals surface area contributed by atoms with Crippen molar-refractivity contribution in [3.8, 4) is 0 Å². The minimum Gasteiger partial charge on any atom is -0.354 e. The van der Waals surface area contributed by atoms with Gasteiger partial charge in [-0.25, -0.2) is 0 Å². The second-order valence-electron chi connectivity index (χ2n) is 7.36. The van der Waals surface area contributed by atoms with Gasteiger partial charge in [0.1, 0.15) is 0 Å². The number of carbonyl (C=O) groups excluding carboxylic acids is 4. The van der Waals surface area contributed by atoms with Gasteiger partial charge in [0, 0.05) is 30.6 Å². The molecule has 0 radical (unpaired) electrons. The molecule has 1 aliphatic rings. The molecule has 4 amide bonds. The molecule has 0 fully saturated rings. The average molecular weight is 394 g/mol. The van der Waals surface area contributed by atoms with Crippen molar-refractivity contribution >= 4 is 35.2 Å². The number of nitrogens with zero attached hydrogens (tertiary/aromatic N) is 1. The van der Waals surface area contributed by atoms with E-state index >= 15 is 0 Å². The molecule has 0 aliphatic carbocycles. The number of hydrogen-bond acceptors (Lipinski definition) is 4. The van der Waals surface area contributed by atoms with E-state index in [-0.39, 0.29) is 53.9 Å². The number of hydrogen-bond donors (Lipinski definition) is 2. The first-order valence-electron chi connectivity index (χ1n) is 8.74. The highest BCUT2D eigenvalue weighted by Gasteiger charge is 2.37. The molecular weight excluding hydrogens is 370 g/mol. The molecule has 0 atom stereocenters. The zero-order chi connectivity index (χ0) is 20.4. The van der Waals surface area contributed by atoms with Crippen LogP contribution in [0.2, 0.25) is 0 Å². The fourth-order valence-corrected chi connectivity index (χ4v) is 2.75. The fraction of sp³-hybridized carbons (Fsp3) is 0.474. The number of imide groups is 1. The molecule has 1 aliphatic heterocycles. The van der Waals surface area contributed by atoms with Crippen LogP contribution in [0, 0.1) is 5.41 Å². The predicted octanol–water partition coefficient (Wildman–Crippen LogP) is 1.80. The van der Waals surface area contributed by atoms with Gasteiger partial charge < -0.3 is 10.6 Å². The first-order chi connectivity index (χ1) is 12.6. The monoisotopic (exact) mass is 393 g/mol. The standard InChI is InChI=1S/C19H24ClN3O4/c1-11(2)23-16(25)13-6-5-12(9-14(13)17(23)26)15(24)21-7-8-22-18(27)19(3,4)10-20/h5-6,9,11H,7-8,10H2,1-4H3,(H,21,24)(H,22,27). The zero-order valence-electron chi connectivity index (χ0n) is 15.9. The van der Waals surface area contributed by atoms with Gasteiger partial charge in [0.2, 0.25) is 5.91 Å². The van der Waals surface area contributed by atoms with Crippen LogP contribution in [-0.4, -0.2) is 53.5 Å². The largest absolute Gasteiger partial charge is 0.354 e. The normalized spacial score (nSPS) is 13.8. The molecule has 0 saturated carbocycles. The van der Waals surface area contributed by atoms with Crippen molar-refractivity contribution < 1.29 is 19.2 Å². The molecule has 8 heteroatoms. The molecule has 1 aromatic carbocycles. The lowest BCUT2D eigenvalue weighted by atomic mass is 9.95. The molecule has 2 N–H and O–H groups in total. The van der Waals surface area contributed by atoms with E-state index in [1.165, 1.54) is 23.1 Å². The molecule has 0 saturated heterocycles. The molecule has 7 nitrogen and oxygen atoms in total. The highest BCUT2D eigenvalue weighted by molar-refractivity contribution is 6.22. The zero-order valence-corrected chi connectivity index (χ0v) is 16.6. The lowest BCUT2D eigenvalue weighted by molar-refractivity contribution is -0.128. The molecule has 0 spiro atoms. The first-order valence-corrected chi connectivity index (χ1v) is 9.28. The van der Waals surface area contributed by atoms with E-state index in [1.807, 2.05) is 0 Å². The van der Waals surface area contributed by atoms with Crippen LogP contribution in [0.3, 0.4) is 0 Å². The summed E-state index contributed by atoms with van der Waals surface area (Å²) in [5.74, 6) is -1.12. The van der Waals surface area contributed by atoms with E-state index in [2.05, 4.69) is 10.6 Å². The van der Waals surface area contributed by atoms with E-state index in [0.717, 1.165) is 0 Å². The summed E-state index contributed by atoms with van der Waals surface area (Å²) >= 11 is 5.74. The van der Waals surface area contributed by atoms with Crippen LogP contribution in [-0.2, 0) is 4.79 Å². The smallest absolute Gasteiger partial charge is 0.261 e. The Balaban J connectivity index is 1.97. The van der Waals surface area contributed by atoms with Gasteiger partial charge in [0.25, 0.3) is 17.7 Å². The maximum absolute atomic E-state index is 12.4. The molecule has 1 heterocycles. The number of benzene rings is 1. The van der Waals surface area contributed by atoms with E-state index in [4.69, 9.17) is 11.6 Å². The summed E-state index contributed by atoms with van der Waals surface area (Å²) in [5, 5.41) is 5.39. The van der Waals surface area contributed by atoms with Crippen molar-refractivity contribution in [2.75, 3.05) is 19.0 Å². The second kappa shape index (κ2) is 8.08. The topological polar surface area (TPSA) is 95.6 Å². The van der Waals surface area contributed by atoms with Gasteiger partial charge >= 0.3 is 0 Å². The minimum atomic E-state index is -0.680. The van der Waals surface area contributed by atoms with Crippen molar-refractivity contribution in [2.24, 2.45) is 5.41 Å². The molecule has 0 aromatic heterocycles. The summed E-state index contributed by atoms with van der Waals surface area (Å²) in [4.78, 5) is 50.0. The third kappa shape index (κ3) is 4.30. The number of nitrogens with one attached hydrogen (secondary N) is 2. The van der Waals surface area contributed by atoms with Gasteiger partial charge in [-0.2, -0.15) is 0 Å². The Hall–Kier alpha value is -2.41. The Labute approximate surface area is 163 Å². The molecule has 2 rings (SSSR count). The molecule has 0 bridgehead atoms. The Bertz CT molecular complexity index is 789. The third-order valence-electron chi connectivity index (χ3n) is 4.34. The van der Waals surface area contributed by atoms with Crippen LogP contribution < -0.4 is 10.6 Å². The summed E-state index contributed by atoms with van der Waals surface area (Å²) in [5.41, 5.74) is 0.146. The summed E-state index contributed by atoms with van der Waals surface area (Å²) in [7, 11) is 0. The van der Waals surface area contributed by atoms with Crippen LogP contribution in [0.25, 0.3) is 0 Å². The Kier molecular flexibility index (Phi) is 6.26. The molecule has 27 heavy (non-hydrogen) atoms. The van der Waals surface area contributed by atoms with E-state index in [1.54, 1.807) is 27.7 Å². The SMILES string of the molecule is CC(C)N1C(=O)c2ccc(C(=O)NCCNC(=O)C(C)(C)CCl)cc2C1=O. The van der Waals surface area contributed by atoms with Crippen LogP contribution in [0.4, 0.5) is 0 Å². The van der Waals surface area contributed by atoms with Crippen LogP contribution in [0.15, 0.2) is 18.2 Å². The first kappa shape index (κ1) is 20.9. The van der Waals surface area contributed by atoms with Gasteiger partial charge in [-0.1, -0.05) is 0 Å². The molecule has 0 unspecified atom stereocenters. The highest BCUT2D eigenvalue weighted by atomic mass is 35.5. The molecule has 146 valence electrons. The van der Waals surface area contributed by atoms with E-state index in [9.17, 15) is 19.2 Å². The summed E-state index contributed by atoms with van der Waals surface area (Å²) < 4.78 is 0. The number of amides is 4. The quantitative estimate of drug-likeness (QED) is 0.419. The van der Waals surface area contributed by atoms with Gasteiger partial charge in [-0.15, -0.1) is 11.6 Å². The summed E-state index contributed by atoms with van der Waals surface area (Å²) in [6.45, 7) is 7.47. The number of fused-ring (bicyclic) bond motifs is 1. The lowest BCUT2D eigenvalue weighted by Crippen LogP contribution is -2.41. The average Bonchev–Trinajstić information content (AvgIpc) is 2.88. The van der Waals surface area contributed by atoms with Crippen LogP contribution in [0.5, 0.6) is 0 Å². The van der Waals surface area contributed by atoms with E-state index in [0.29, 0.717) is 5.56 Å². The Morgan fingerprint density at radius 1 is 1.07 bits per heavy atom.